The average molecular weight is 314 g/mol. The molecular formula is C16H26O6. The van der Waals surface area contributed by atoms with Crippen LogP contribution in [-0.2, 0) is 28.4 Å². The molecule has 6 unspecified atom stereocenters. The lowest BCUT2D eigenvalue weighted by Crippen LogP contribution is -2.37. The van der Waals surface area contributed by atoms with Crippen molar-refractivity contribution >= 4 is 0 Å². The highest BCUT2D eigenvalue weighted by Crippen LogP contribution is 2.30. The van der Waals surface area contributed by atoms with E-state index >= 15 is 0 Å². The van der Waals surface area contributed by atoms with Crippen LogP contribution in [0.3, 0.4) is 0 Å². The maximum absolute atomic E-state index is 6.03. The Kier molecular flexibility index (Phi) is 4.95. The maximum Gasteiger partial charge on any atom is 0.184 e. The summed E-state index contributed by atoms with van der Waals surface area (Å²) >= 11 is 0. The Balaban J connectivity index is 1.26. The minimum Gasteiger partial charge on any atom is -0.373 e. The first kappa shape index (κ1) is 15.3. The summed E-state index contributed by atoms with van der Waals surface area (Å²) < 4.78 is 35.1. The third-order valence-electron chi connectivity index (χ3n) is 4.92. The van der Waals surface area contributed by atoms with Crippen molar-refractivity contribution in [1.29, 1.82) is 0 Å². The highest BCUT2D eigenvalue weighted by molar-refractivity contribution is 4.84. The predicted octanol–water partition coefficient (Wildman–Crippen LogP) is 1.61. The topological polar surface area (TPSA) is 55.4 Å². The Morgan fingerprint density at radius 3 is 1.41 bits per heavy atom. The summed E-state index contributed by atoms with van der Waals surface area (Å²) in [6.07, 6.45) is 6.16. The molecule has 4 heterocycles. The zero-order chi connectivity index (χ0) is 14.8. The fourth-order valence-electron chi connectivity index (χ4n) is 3.62. The van der Waals surface area contributed by atoms with Gasteiger partial charge in [0.05, 0.1) is 13.2 Å². The molecule has 4 saturated heterocycles. The van der Waals surface area contributed by atoms with Gasteiger partial charge in [-0.15, -0.1) is 0 Å². The van der Waals surface area contributed by atoms with Gasteiger partial charge in [-0.2, -0.15) is 0 Å². The molecule has 0 saturated carbocycles. The summed E-state index contributed by atoms with van der Waals surface area (Å²) in [5.41, 5.74) is 0. The van der Waals surface area contributed by atoms with Crippen LogP contribution < -0.4 is 0 Å². The van der Waals surface area contributed by atoms with E-state index in [2.05, 4.69) is 0 Å². The molecule has 4 aliphatic heterocycles. The van der Waals surface area contributed by atoms with E-state index in [9.17, 15) is 0 Å². The summed E-state index contributed by atoms with van der Waals surface area (Å²) in [6.45, 7) is 2.72. The molecule has 0 bridgehead atoms. The molecule has 4 rings (SSSR count). The SMILES string of the molecule is C1CCC(C2OCC(C3COC(C4CCCCO4)O3)O2)OC1. The van der Waals surface area contributed by atoms with Crippen LogP contribution in [0, 0.1) is 0 Å². The van der Waals surface area contributed by atoms with Gasteiger partial charge in [-0.25, -0.2) is 0 Å². The van der Waals surface area contributed by atoms with Crippen LogP contribution in [0.5, 0.6) is 0 Å². The molecule has 6 nitrogen and oxygen atoms in total. The molecule has 22 heavy (non-hydrogen) atoms. The lowest BCUT2D eigenvalue weighted by molar-refractivity contribution is -0.186. The molecule has 6 heteroatoms. The smallest absolute Gasteiger partial charge is 0.184 e. The van der Waals surface area contributed by atoms with E-state index in [0.29, 0.717) is 13.2 Å². The summed E-state index contributed by atoms with van der Waals surface area (Å²) in [7, 11) is 0. The van der Waals surface area contributed by atoms with Gasteiger partial charge in [0.15, 0.2) is 12.6 Å². The molecule has 0 amide bonds. The molecule has 6 atom stereocenters. The largest absolute Gasteiger partial charge is 0.373 e. The number of hydrogen-bond donors (Lipinski definition) is 0. The number of hydrogen-bond acceptors (Lipinski definition) is 6. The van der Waals surface area contributed by atoms with Crippen molar-refractivity contribution in [3.63, 3.8) is 0 Å². The van der Waals surface area contributed by atoms with Crippen molar-refractivity contribution in [3.05, 3.63) is 0 Å². The lowest BCUT2D eigenvalue weighted by Gasteiger charge is -2.28. The van der Waals surface area contributed by atoms with Gasteiger partial charge in [-0.05, 0) is 38.5 Å². The number of rotatable bonds is 3. The average Bonchev–Trinajstić information content (AvgIpc) is 3.26. The van der Waals surface area contributed by atoms with E-state index < -0.39 is 0 Å². The summed E-state index contributed by atoms with van der Waals surface area (Å²) in [4.78, 5) is 0. The molecule has 126 valence electrons. The van der Waals surface area contributed by atoms with Crippen molar-refractivity contribution in [2.24, 2.45) is 0 Å². The van der Waals surface area contributed by atoms with E-state index in [0.717, 1.165) is 38.9 Å². The van der Waals surface area contributed by atoms with Crippen LogP contribution >= 0.6 is 0 Å². The Morgan fingerprint density at radius 2 is 1.00 bits per heavy atom. The second kappa shape index (κ2) is 7.11. The summed E-state index contributed by atoms with van der Waals surface area (Å²) in [6, 6.07) is 0. The van der Waals surface area contributed by atoms with Gasteiger partial charge in [0.2, 0.25) is 0 Å². The molecule has 0 aromatic rings. The monoisotopic (exact) mass is 314 g/mol. The van der Waals surface area contributed by atoms with Crippen molar-refractivity contribution in [2.45, 2.75) is 75.5 Å². The van der Waals surface area contributed by atoms with Crippen molar-refractivity contribution in [2.75, 3.05) is 26.4 Å². The van der Waals surface area contributed by atoms with Crippen LogP contribution in [-0.4, -0.2) is 63.4 Å². The quantitative estimate of drug-likeness (QED) is 0.789. The van der Waals surface area contributed by atoms with Crippen LogP contribution in [0.15, 0.2) is 0 Å². The van der Waals surface area contributed by atoms with Gasteiger partial charge in [0.25, 0.3) is 0 Å². The van der Waals surface area contributed by atoms with Crippen LogP contribution in [0.25, 0.3) is 0 Å². The second-order valence-electron chi connectivity index (χ2n) is 6.56. The van der Waals surface area contributed by atoms with Gasteiger partial charge in [-0.3, -0.25) is 0 Å². The van der Waals surface area contributed by atoms with Crippen LogP contribution in [0.1, 0.15) is 38.5 Å². The van der Waals surface area contributed by atoms with Crippen molar-refractivity contribution in [3.8, 4) is 0 Å². The van der Waals surface area contributed by atoms with Gasteiger partial charge in [0, 0.05) is 13.2 Å². The van der Waals surface area contributed by atoms with Crippen LogP contribution in [0.2, 0.25) is 0 Å². The fourth-order valence-corrected chi connectivity index (χ4v) is 3.62. The predicted molar refractivity (Wildman–Crippen MR) is 76.4 cm³/mol. The standard InChI is InChI=1S/C16H26O6/c1-3-7-17-11(5-1)15-19-9-13(21-15)14-10-20-16(22-14)12-6-2-4-8-18-12/h11-16H,1-10H2. The van der Waals surface area contributed by atoms with Crippen molar-refractivity contribution in [1.82, 2.24) is 0 Å². The van der Waals surface area contributed by atoms with Crippen LogP contribution in [0.4, 0.5) is 0 Å². The lowest BCUT2D eigenvalue weighted by atomic mass is 10.1. The van der Waals surface area contributed by atoms with Crippen molar-refractivity contribution < 1.29 is 28.4 Å². The van der Waals surface area contributed by atoms with E-state index in [1.165, 1.54) is 12.8 Å². The first-order valence-electron chi connectivity index (χ1n) is 8.67. The Morgan fingerprint density at radius 1 is 0.500 bits per heavy atom. The minimum atomic E-state index is -0.251. The second-order valence-corrected chi connectivity index (χ2v) is 6.56. The molecule has 0 radical (unpaired) electrons. The van der Waals surface area contributed by atoms with Gasteiger partial charge >= 0.3 is 0 Å². The number of ether oxygens (including phenoxy) is 6. The van der Waals surface area contributed by atoms with E-state index in [-0.39, 0.29) is 37.0 Å². The van der Waals surface area contributed by atoms with Gasteiger partial charge in [0.1, 0.15) is 24.4 Å². The van der Waals surface area contributed by atoms with Gasteiger partial charge in [-0.1, -0.05) is 0 Å². The minimum absolute atomic E-state index is 0.0656. The molecule has 4 fully saturated rings. The summed E-state index contributed by atoms with van der Waals surface area (Å²) in [5.74, 6) is 0. The first-order valence-corrected chi connectivity index (χ1v) is 8.67. The molecule has 0 N–H and O–H groups in total. The fraction of sp³-hybridized carbons (Fsp3) is 1.00. The maximum atomic E-state index is 6.03. The molecule has 4 aliphatic rings. The third-order valence-corrected chi connectivity index (χ3v) is 4.92. The Bertz CT molecular complexity index is 319. The highest BCUT2D eigenvalue weighted by Gasteiger charge is 2.43. The Hall–Kier alpha value is -0.240. The van der Waals surface area contributed by atoms with E-state index in [4.69, 9.17) is 28.4 Å². The molecule has 0 aliphatic carbocycles. The van der Waals surface area contributed by atoms with E-state index in [1.54, 1.807) is 0 Å². The summed E-state index contributed by atoms with van der Waals surface area (Å²) in [5, 5.41) is 0. The zero-order valence-electron chi connectivity index (χ0n) is 13.0. The molecule has 0 spiro atoms. The van der Waals surface area contributed by atoms with E-state index in [1.807, 2.05) is 0 Å². The zero-order valence-corrected chi connectivity index (χ0v) is 13.0. The molecule has 0 aromatic heterocycles. The molecular weight excluding hydrogens is 288 g/mol. The molecule has 0 aromatic carbocycles. The first-order chi connectivity index (χ1) is 10.9. The highest BCUT2D eigenvalue weighted by atomic mass is 16.8. The normalized spacial score (nSPS) is 46.9. The Labute approximate surface area is 131 Å². The van der Waals surface area contributed by atoms with Gasteiger partial charge < -0.3 is 28.4 Å². The third kappa shape index (κ3) is 3.32.